The summed E-state index contributed by atoms with van der Waals surface area (Å²) in [6, 6.07) is 3.77. The SMILES string of the molecule is CCN1CCN(CCCNC(=O)c2cccs2)CC1. The van der Waals surface area contributed by atoms with Gasteiger partial charge < -0.3 is 15.1 Å². The molecule has 19 heavy (non-hydrogen) atoms. The second kappa shape index (κ2) is 7.62. The highest BCUT2D eigenvalue weighted by atomic mass is 32.1. The maximum Gasteiger partial charge on any atom is 0.261 e. The molecule has 5 heteroatoms. The van der Waals surface area contributed by atoms with E-state index in [9.17, 15) is 4.79 Å². The van der Waals surface area contributed by atoms with Crippen LogP contribution >= 0.6 is 11.3 Å². The number of hydrogen-bond donors (Lipinski definition) is 1. The van der Waals surface area contributed by atoms with Crippen LogP contribution in [0.2, 0.25) is 0 Å². The summed E-state index contributed by atoms with van der Waals surface area (Å²) in [5.74, 6) is 0.0609. The Morgan fingerprint density at radius 1 is 1.32 bits per heavy atom. The normalized spacial score (nSPS) is 17.5. The molecule has 1 saturated heterocycles. The maximum atomic E-state index is 11.7. The zero-order valence-corrected chi connectivity index (χ0v) is 12.4. The third kappa shape index (κ3) is 4.60. The minimum Gasteiger partial charge on any atom is -0.351 e. The van der Waals surface area contributed by atoms with Gasteiger partial charge in [-0.05, 0) is 31.0 Å². The predicted molar refractivity (Wildman–Crippen MR) is 79.8 cm³/mol. The minimum atomic E-state index is 0.0609. The van der Waals surface area contributed by atoms with E-state index in [1.807, 2.05) is 17.5 Å². The maximum absolute atomic E-state index is 11.7. The number of carbonyl (C=O) groups is 1. The lowest BCUT2D eigenvalue weighted by Gasteiger charge is -2.33. The molecule has 0 radical (unpaired) electrons. The van der Waals surface area contributed by atoms with Crippen LogP contribution in [0.1, 0.15) is 23.0 Å². The zero-order valence-electron chi connectivity index (χ0n) is 11.6. The fourth-order valence-corrected chi connectivity index (χ4v) is 2.97. The number of nitrogens with zero attached hydrogens (tertiary/aromatic N) is 2. The van der Waals surface area contributed by atoms with Crippen LogP contribution in [0.25, 0.3) is 0 Å². The fourth-order valence-electron chi connectivity index (χ4n) is 2.33. The predicted octanol–water partition coefficient (Wildman–Crippen LogP) is 1.51. The van der Waals surface area contributed by atoms with Crippen LogP contribution in [0.4, 0.5) is 0 Å². The Bertz CT molecular complexity index is 372. The molecule has 0 atom stereocenters. The lowest BCUT2D eigenvalue weighted by molar-refractivity contribution is 0.0952. The number of amides is 1. The van der Waals surface area contributed by atoms with Crippen molar-refractivity contribution in [3.63, 3.8) is 0 Å². The van der Waals surface area contributed by atoms with E-state index < -0.39 is 0 Å². The molecule has 0 aromatic carbocycles. The van der Waals surface area contributed by atoms with Gasteiger partial charge in [0.2, 0.25) is 0 Å². The molecule has 0 unspecified atom stereocenters. The fraction of sp³-hybridized carbons (Fsp3) is 0.643. The van der Waals surface area contributed by atoms with E-state index in [4.69, 9.17) is 0 Å². The smallest absolute Gasteiger partial charge is 0.261 e. The van der Waals surface area contributed by atoms with Crippen LogP contribution < -0.4 is 5.32 Å². The van der Waals surface area contributed by atoms with Crippen molar-refractivity contribution in [2.45, 2.75) is 13.3 Å². The molecular formula is C14H23N3OS. The third-order valence-corrected chi connectivity index (χ3v) is 4.46. The van der Waals surface area contributed by atoms with Gasteiger partial charge in [-0.1, -0.05) is 13.0 Å². The van der Waals surface area contributed by atoms with Gasteiger partial charge in [-0.15, -0.1) is 11.3 Å². The Morgan fingerprint density at radius 2 is 2.05 bits per heavy atom. The average Bonchev–Trinajstić information content (AvgIpc) is 2.98. The number of rotatable bonds is 6. The topological polar surface area (TPSA) is 35.6 Å². The van der Waals surface area contributed by atoms with Crippen molar-refractivity contribution in [3.05, 3.63) is 22.4 Å². The molecule has 1 amide bonds. The van der Waals surface area contributed by atoms with Crippen molar-refractivity contribution in [1.29, 1.82) is 0 Å². The van der Waals surface area contributed by atoms with Crippen molar-refractivity contribution in [1.82, 2.24) is 15.1 Å². The molecule has 1 fully saturated rings. The molecule has 1 aliphatic rings. The lowest BCUT2D eigenvalue weighted by Crippen LogP contribution is -2.46. The van der Waals surface area contributed by atoms with E-state index in [0.717, 1.165) is 44.0 Å². The largest absolute Gasteiger partial charge is 0.351 e. The molecule has 4 nitrogen and oxygen atoms in total. The summed E-state index contributed by atoms with van der Waals surface area (Å²) in [5.41, 5.74) is 0. The summed E-state index contributed by atoms with van der Waals surface area (Å²) >= 11 is 1.49. The standard InChI is InChI=1S/C14H23N3OS/c1-2-16-8-10-17(11-9-16)7-4-6-15-14(18)13-5-3-12-19-13/h3,5,12H,2,4,6-11H2,1H3,(H,15,18). The Morgan fingerprint density at radius 3 is 2.68 bits per heavy atom. The monoisotopic (exact) mass is 281 g/mol. The number of thiophene rings is 1. The zero-order chi connectivity index (χ0) is 13.5. The molecule has 2 heterocycles. The van der Waals surface area contributed by atoms with Crippen molar-refractivity contribution >= 4 is 17.2 Å². The highest BCUT2D eigenvalue weighted by Crippen LogP contribution is 2.07. The number of nitrogens with one attached hydrogen (secondary N) is 1. The first-order valence-electron chi connectivity index (χ1n) is 7.06. The average molecular weight is 281 g/mol. The van der Waals surface area contributed by atoms with Gasteiger partial charge in [0.15, 0.2) is 0 Å². The van der Waals surface area contributed by atoms with Crippen molar-refractivity contribution in [3.8, 4) is 0 Å². The van der Waals surface area contributed by atoms with E-state index in [0.29, 0.717) is 0 Å². The first-order valence-corrected chi connectivity index (χ1v) is 7.94. The number of piperazine rings is 1. The summed E-state index contributed by atoms with van der Waals surface area (Å²) in [6.45, 7) is 9.91. The molecule has 0 aliphatic carbocycles. The highest BCUT2D eigenvalue weighted by Gasteiger charge is 2.14. The van der Waals surface area contributed by atoms with E-state index >= 15 is 0 Å². The molecule has 1 aromatic rings. The van der Waals surface area contributed by atoms with Gasteiger partial charge >= 0.3 is 0 Å². The molecule has 0 saturated carbocycles. The van der Waals surface area contributed by atoms with Crippen LogP contribution in [0.15, 0.2) is 17.5 Å². The van der Waals surface area contributed by atoms with Gasteiger partial charge in [0.1, 0.15) is 0 Å². The van der Waals surface area contributed by atoms with Crippen LogP contribution in [-0.2, 0) is 0 Å². The Hall–Kier alpha value is -0.910. The molecule has 106 valence electrons. The number of hydrogen-bond acceptors (Lipinski definition) is 4. The summed E-state index contributed by atoms with van der Waals surface area (Å²) in [5, 5.41) is 4.91. The van der Waals surface area contributed by atoms with E-state index in [1.54, 1.807) is 0 Å². The molecule has 1 aliphatic heterocycles. The van der Waals surface area contributed by atoms with Crippen molar-refractivity contribution in [2.24, 2.45) is 0 Å². The first-order chi connectivity index (χ1) is 9.29. The second-order valence-corrected chi connectivity index (χ2v) is 5.81. The second-order valence-electron chi connectivity index (χ2n) is 4.86. The van der Waals surface area contributed by atoms with Crippen LogP contribution in [0.5, 0.6) is 0 Å². The first kappa shape index (κ1) is 14.5. The Labute approximate surface area is 119 Å². The molecule has 2 rings (SSSR count). The van der Waals surface area contributed by atoms with E-state index in [2.05, 4.69) is 22.0 Å². The highest BCUT2D eigenvalue weighted by molar-refractivity contribution is 7.12. The van der Waals surface area contributed by atoms with Crippen molar-refractivity contribution < 1.29 is 4.79 Å². The van der Waals surface area contributed by atoms with Crippen LogP contribution in [0, 0.1) is 0 Å². The molecule has 1 N–H and O–H groups in total. The van der Waals surface area contributed by atoms with Gasteiger partial charge in [0.05, 0.1) is 4.88 Å². The molecule has 0 spiro atoms. The summed E-state index contributed by atoms with van der Waals surface area (Å²) < 4.78 is 0. The van der Waals surface area contributed by atoms with Crippen LogP contribution in [-0.4, -0.2) is 61.5 Å². The van der Waals surface area contributed by atoms with Gasteiger partial charge in [-0.3, -0.25) is 4.79 Å². The Kier molecular flexibility index (Phi) is 5.82. The third-order valence-electron chi connectivity index (χ3n) is 3.59. The summed E-state index contributed by atoms with van der Waals surface area (Å²) in [7, 11) is 0. The summed E-state index contributed by atoms with van der Waals surface area (Å²) in [4.78, 5) is 17.5. The Balaban J connectivity index is 1.56. The summed E-state index contributed by atoms with van der Waals surface area (Å²) in [6.07, 6.45) is 1.03. The van der Waals surface area contributed by atoms with Gasteiger partial charge in [-0.2, -0.15) is 0 Å². The number of carbonyl (C=O) groups excluding carboxylic acids is 1. The van der Waals surface area contributed by atoms with E-state index in [1.165, 1.54) is 24.4 Å². The molecule has 1 aromatic heterocycles. The molecular weight excluding hydrogens is 258 g/mol. The van der Waals surface area contributed by atoms with Gasteiger partial charge in [0.25, 0.3) is 5.91 Å². The minimum absolute atomic E-state index is 0.0609. The van der Waals surface area contributed by atoms with Crippen LogP contribution in [0.3, 0.4) is 0 Å². The quantitative estimate of drug-likeness (QED) is 0.803. The number of likely N-dealkylation sites (N-methyl/N-ethyl adjacent to an activating group) is 1. The molecule has 0 bridgehead atoms. The van der Waals surface area contributed by atoms with Gasteiger partial charge in [-0.25, -0.2) is 0 Å². The van der Waals surface area contributed by atoms with E-state index in [-0.39, 0.29) is 5.91 Å². The van der Waals surface area contributed by atoms with Gasteiger partial charge in [0, 0.05) is 32.7 Å². The lowest BCUT2D eigenvalue weighted by atomic mass is 10.3. The van der Waals surface area contributed by atoms with Crippen molar-refractivity contribution in [2.75, 3.05) is 45.8 Å².